The molecule has 2 N–H and O–H groups in total. The zero-order valence-electron chi connectivity index (χ0n) is 12.9. The fourth-order valence-electron chi connectivity index (χ4n) is 1.62. The first-order valence-corrected chi connectivity index (χ1v) is 6.84. The fourth-order valence-corrected chi connectivity index (χ4v) is 1.62. The van der Waals surface area contributed by atoms with Crippen LogP contribution in [0.1, 0.15) is 43.1 Å². The molecule has 22 heavy (non-hydrogen) atoms. The van der Waals surface area contributed by atoms with Gasteiger partial charge in [-0.3, -0.25) is 4.79 Å². The van der Waals surface area contributed by atoms with E-state index in [9.17, 15) is 19.1 Å². The number of rotatable bonds is 5. The van der Waals surface area contributed by atoms with Gasteiger partial charge in [0, 0.05) is 6.54 Å². The molecule has 0 saturated heterocycles. The average molecular weight is 309 g/mol. The van der Waals surface area contributed by atoms with Gasteiger partial charge in [0.05, 0.1) is 5.56 Å². The molecule has 1 rings (SSSR count). The lowest BCUT2D eigenvalue weighted by Gasteiger charge is -2.19. The van der Waals surface area contributed by atoms with E-state index in [1.807, 2.05) is 0 Å². The number of phenolic OH excluding ortho intramolecular Hbond substituents is 1. The zero-order chi connectivity index (χ0) is 16.8. The topological polar surface area (TPSA) is 75.6 Å². The van der Waals surface area contributed by atoms with Gasteiger partial charge < -0.3 is 15.2 Å². The van der Waals surface area contributed by atoms with E-state index in [4.69, 9.17) is 4.74 Å². The highest BCUT2D eigenvalue weighted by molar-refractivity contribution is 5.80. The lowest BCUT2D eigenvalue weighted by Crippen LogP contribution is -2.32. The van der Waals surface area contributed by atoms with Crippen molar-refractivity contribution in [2.24, 2.45) is 0 Å². The molecule has 0 saturated carbocycles. The minimum Gasteiger partial charge on any atom is -0.504 e. The van der Waals surface area contributed by atoms with Crippen molar-refractivity contribution in [1.82, 2.24) is 5.32 Å². The van der Waals surface area contributed by atoms with Crippen molar-refractivity contribution in [3.63, 3.8) is 0 Å². The Bertz CT molecular complexity index is 576. The maximum Gasteiger partial charge on any atom is 0.407 e. The number of benzene rings is 1. The second-order valence-corrected chi connectivity index (χ2v) is 5.68. The predicted molar refractivity (Wildman–Crippen MR) is 81.3 cm³/mol. The van der Waals surface area contributed by atoms with Gasteiger partial charge in [-0.25, -0.2) is 9.18 Å². The van der Waals surface area contributed by atoms with Gasteiger partial charge >= 0.3 is 6.09 Å². The monoisotopic (exact) mass is 309 g/mol. The van der Waals surface area contributed by atoms with Crippen LogP contribution in [0.5, 0.6) is 5.75 Å². The van der Waals surface area contributed by atoms with E-state index in [0.717, 1.165) is 6.07 Å². The van der Waals surface area contributed by atoms with Gasteiger partial charge in [-0.1, -0.05) is 12.2 Å². The maximum atomic E-state index is 13.3. The molecule has 0 aliphatic rings. The summed E-state index contributed by atoms with van der Waals surface area (Å²) in [6.07, 6.45) is 3.72. The van der Waals surface area contributed by atoms with E-state index < -0.39 is 23.3 Å². The third-order valence-electron chi connectivity index (χ3n) is 2.53. The molecule has 6 heteroatoms. The molecular weight excluding hydrogens is 289 g/mol. The summed E-state index contributed by atoms with van der Waals surface area (Å²) in [5.41, 5.74) is -0.199. The van der Waals surface area contributed by atoms with Crippen molar-refractivity contribution in [2.75, 3.05) is 6.54 Å². The molecule has 0 radical (unpaired) electrons. The molecule has 0 bridgehead atoms. The van der Waals surface area contributed by atoms with Crippen LogP contribution in [0.15, 0.2) is 18.2 Å². The predicted octanol–water partition coefficient (Wildman–Crippen LogP) is 3.27. The van der Waals surface area contributed by atoms with Crippen LogP contribution >= 0.6 is 0 Å². The second kappa shape index (κ2) is 7.59. The maximum absolute atomic E-state index is 13.3. The molecule has 120 valence electrons. The molecule has 1 amide bonds. The van der Waals surface area contributed by atoms with E-state index in [2.05, 4.69) is 5.32 Å². The Morgan fingerprint density at radius 3 is 2.68 bits per heavy atom. The van der Waals surface area contributed by atoms with Gasteiger partial charge in [0.1, 0.15) is 5.60 Å². The summed E-state index contributed by atoms with van der Waals surface area (Å²) in [4.78, 5) is 22.1. The number of amides is 1. The average Bonchev–Trinajstić information content (AvgIpc) is 2.40. The van der Waals surface area contributed by atoms with Gasteiger partial charge in [-0.2, -0.15) is 0 Å². The lowest BCUT2D eigenvalue weighted by molar-refractivity contribution is 0.0528. The number of phenols is 1. The molecule has 1 aromatic rings. The number of hydrogen-bond donors (Lipinski definition) is 2. The first-order valence-electron chi connectivity index (χ1n) is 6.84. The van der Waals surface area contributed by atoms with Gasteiger partial charge in [0.25, 0.3) is 0 Å². The third kappa shape index (κ3) is 5.95. The summed E-state index contributed by atoms with van der Waals surface area (Å²) in [6, 6.07) is 2.50. The van der Waals surface area contributed by atoms with Crippen LogP contribution in [0.25, 0.3) is 6.08 Å². The van der Waals surface area contributed by atoms with Crippen LogP contribution in [0, 0.1) is 5.82 Å². The number of halogens is 1. The van der Waals surface area contributed by atoms with Crippen LogP contribution < -0.4 is 5.32 Å². The molecule has 0 fully saturated rings. The van der Waals surface area contributed by atoms with E-state index in [1.54, 1.807) is 32.9 Å². The summed E-state index contributed by atoms with van der Waals surface area (Å²) in [5, 5.41) is 11.9. The first-order chi connectivity index (χ1) is 10.2. The number of nitrogens with one attached hydrogen (secondary N) is 1. The molecular formula is C16H20FNO4. The third-order valence-corrected chi connectivity index (χ3v) is 2.53. The van der Waals surface area contributed by atoms with Crippen molar-refractivity contribution in [3.05, 3.63) is 35.2 Å². The Hall–Kier alpha value is -2.37. The standard InChI is InChI=1S/C16H20FNO4/c1-16(2,3)22-15(21)18-7-5-4-6-11-8-12(10-19)14(20)13(17)9-11/h4,6,8-10,20H,5,7H2,1-3H3,(H,18,21). The second-order valence-electron chi connectivity index (χ2n) is 5.68. The number of aromatic hydroxyl groups is 1. The van der Waals surface area contributed by atoms with Crippen LogP contribution in [0.2, 0.25) is 0 Å². The van der Waals surface area contributed by atoms with E-state index >= 15 is 0 Å². The lowest BCUT2D eigenvalue weighted by atomic mass is 10.1. The van der Waals surface area contributed by atoms with E-state index in [1.165, 1.54) is 6.07 Å². The first kappa shape index (κ1) is 17.7. The van der Waals surface area contributed by atoms with Gasteiger partial charge in [0.2, 0.25) is 0 Å². The number of ether oxygens (including phenoxy) is 1. The smallest absolute Gasteiger partial charge is 0.407 e. The molecule has 0 atom stereocenters. The number of carbonyl (C=O) groups excluding carboxylic acids is 2. The molecule has 5 nitrogen and oxygen atoms in total. The van der Waals surface area contributed by atoms with Crippen molar-refractivity contribution in [2.45, 2.75) is 32.8 Å². The molecule has 0 aliphatic carbocycles. The Labute approximate surface area is 128 Å². The van der Waals surface area contributed by atoms with Crippen LogP contribution in [-0.4, -0.2) is 29.6 Å². The molecule has 0 aromatic heterocycles. The highest BCUT2D eigenvalue weighted by Gasteiger charge is 2.15. The molecule has 0 aliphatic heterocycles. The minimum atomic E-state index is -0.851. The molecule has 1 aromatic carbocycles. The number of alkyl carbamates (subject to hydrolysis) is 1. The summed E-state index contributed by atoms with van der Waals surface area (Å²) >= 11 is 0. The minimum absolute atomic E-state index is 0.105. The normalized spacial score (nSPS) is 11.5. The number of carbonyl (C=O) groups is 2. The van der Waals surface area contributed by atoms with E-state index in [0.29, 0.717) is 24.8 Å². The van der Waals surface area contributed by atoms with Crippen LogP contribution in [0.3, 0.4) is 0 Å². The fraction of sp³-hybridized carbons (Fsp3) is 0.375. The largest absolute Gasteiger partial charge is 0.504 e. The highest BCUT2D eigenvalue weighted by atomic mass is 19.1. The number of hydrogen-bond acceptors (Lipinski definition) is 4. The molecule has 0 unspecified atom stereocenters. The van der Waals surface area contributed by atoms with Crippen molar-refractivity contribution >= 4 is 18.5 Å². The summed E-state index contributed by atoms with van der Waals surface area (Å²) in [5.74, 6) is -1.50. The molecule has 0 spiro atoms. The van der Waals surface area contributed by atoms with Crippen molar-refractivity contribution in [3.8, 4) is 5.75 Å². The Morgan fingerprint density at radius 2 is 2.09 bits per heavy atom. The highest BCUT2D eigenvalue weighted by Crippen LogP contribution is 2.22. The summed E-state index contributed by atoms with van der Waals surface area (Å²) in [6.45, 7) is 5.69. The van der Waals surface area contributed by atoms with E-state index in [-0.39, 0.29) is 5.56 Å². The SMILES string of the molecule is CC(C)(C)OC(=O)NCCC=Cc1cc(F)c(O)c(C=O)c1. The van der Waals surface area contributed by atoms with Gasteiger partial charge in [-0.15, -0.1) is 0 Å². The van der Waals surface area contributed by atoms with Crippen LogP contribution in [0.4, 0.5) is 9.18 Å². The Morgan fingerprint density at radius 1 is 1.41 bits per heavy atom. The quantitative estimate of drug-likeness (QED) is 0.646. The van der Waals surface area contributed by atoms with Gasteiger partial charge in [0.15, 0.2) is 17.9 Å². The Kier molecular flexibility index (Phi) is 6.10. The van der Waals surface area contributed by atoms with Gasteiger partial charge in [-0.05, 0) is 44.9 Å². The van der Waals surface area contributed by atoms with Crippen molar-refractivity contribution in [1.29, 1.82) is 0 Å². The number of aldehydes is 1. The zero-order valence-corrected chi connectivity index (χ0v) is 12.9. The van der Waals surface area contributed by atoms with Crippen LogP contribution in [-0.2, 0) is 4.74 Å². The summed E-state index contributed by atoms with van der Waals surface area (Å²) < 4.78 is 18.4. The summed E-state index contributed by atoms with van der Waals surface area (Å²) in [7, 11) is 0. The Balaban J connectivity index is 2.49. The van der Waals surface area contributed by atoms with Crippen molar-refractivity contribution < 1.29 is 23.8 Å². The molecule has 0 heterocycles.